The first-order valence-electron chi connectivity index (χ1n) is 4.25. The van der Waals surface area contributed by atoms with E-state index in [9.17, 15) is 5.11 Å². The highest BCUT2D eigenvalue weighted by atomic mass is 127. The second-order valence-electron chi connectivity index (χ2n) is 2.80. The second-order valence-corrected chi connectivity index (χ2v) is 4.85. The van der Waals surface area contributed by atoms with Gasteiger partial charge >= 0.3 is 0 Å². The molecule has 1 heterocycles. The fraction of sp³-hybridized carbons (Fsp3) is 0.200. The van der Waals surface area contributed by atoms with Crippen molar-refractivity contribution in [3.63, 3.8) is 0 Å². The molecular weight excluding hydrogens is 311 g/mol. The van der Waals surface area contributed by atoms with Crippen LogP contribution in [0.5, 0.6) is 11.5 Å². The van der Waals surface area contributed by atoms with Crippen molar-refractivity contribution in [2.75, 3.05) is 6.61 Å². The maximum absolute atomic E-state index is 9.67. The summed E-state index contributed by atoms with van der Waals surface area (Å²) in [6.45, 7) is 2.55. The molecule has 1 N–H and O–H groups in total. The maximum Gasteiger partial charge on any atom is 0.137 e. The van der Waals surface area contributed by atoms with Crippen LogP contribution in [0.4, 0.5) is 0 Å². The lowest BCUT2D eigenvalue weighted by Gasteiger charge is -2.05. The van der Waals surface area contributed by atoms with Gasteiger partial charge in [-0.1, -0.05) is 0 Å². The lowest BCUT2D eigenvalue weighted by Crippen LogP contribution is -1.91. The minimum atomic E-state index is 0.312. The Labute approximate surface area is 99.7 Å². The Kier molecular flexibility index (Phi) is 2.83. The zero-order valence-corrected chi connectivity index (χ0v) is 10.6. The van der Waals surface area contributed by atoms with Crippen LogP contribution >= 0.6 is 33.9 Å². The minimum Gasteiger partial charge on any atom is -0.506 e. The van der Waals surface area contributed by atoms with Gasteiger partial charge in [0.1, 0.15) is 11.5 Å². The molecule has 0 aliphatic carbocycles. The molecule has 0 bridgehead atoms. The SMILES string of the molecule is CCOc1ccc(I)c2scc(O)c12. The number of hydrogen-bond donors (Lipinski definition) is 1. The molecule has 1 aromatic heterocycles. The molecule has 0 saturated heterocycles. The van der Waals surface area contributed by atoms with Gasteiger partial charge in [-0.25, -0.2) is 0 Å². The van der Waals surface area contributed by atoms with Crippen LogP contribution in [-0.4, -0.2) is 11.7 Å². The van der Waals surface area contributed by atoms with E-state index in [0.717, 1.165) is 19.4 Å². The largest absolute Gasteiger partial charge is 0.506 e. The number of halogens is 1. The average molecular weight is 320 g/mol. The third kappa shape index (κ3) is 1.56. The number of aromatic hydroxyl groups is 1. The monoisotopic (exact) mass is 320 g/mol. The number of fused-ring (bicyclic) bond motifs is 1. The van der Waals surface area contributed by atoms with Gasteiger partial charge < -0.3 is 9.84 Å². The molecule has 0 unspecified atom stereocenters. The molecule has 0 fully saturated rings. The van der Waals surface area contributed by atoms with Crippen LogP contribution < -0.4 is 4.74 Å². The Hall–Kier alpha value is -0.490. The van der Waals surface area contributed by atoms with Gasteiger partial charge in [-0.2, -0.15) is 0 Å². The van der Waals surface area contributed by atoms with Gasteiger partial charge in [-0.15, -0.1) is 11.3 Å². The quantitative estimate of drug-likeness (QED) is 0.857. The van der Waals surface area contributed by atoms with Crippen LogP contribution in [-0.2, 0) is 0 Å². The van der Waals surface area contributed by atoms with Gasteiger partial charge in [0.05, 0.1) is 16.7 Å². The average Bonchev–Trinajstić information content (AvgIpc) is 2.55. The van der Waals surface area contributed by atoms with E-state index < -0.39 is 0 Å². The molecule has 0 amide bonds. The molecule has 0 aliphatic heterocycles. The van der Waals surface area contributed by atoms with Crippen molar-refractivity contribution in [1.82, 2.24) is 0 Å². The highest BCUT2D eigenvalue weighted by Crippen LogP contribution is 2.40. The molecule has 2 rings (SSSR count). The van der Waals surface area contributed by atoms with Crippen LogP contribution in [0.25, 0.3) is 10.1 Å². The van der Waals surface area contributed by atoms with E-state index in [1.54, 1.807) is 16.7 Å². The molecule has 0 aliphatic rings. The Morgan fingerprint density at radius 2 is 2.29 bits per heavy atom. The summed E-state index contributed by atoms with van der Waals surface area (Å²) in [5.74, 6) is 1.08. The summed E-state index contributed by atoms with van der Waals surface area (Å²) in [7, 11) is 0. The first kappa shape index (κ1) is 10.0. The predicted molar refractivity (Wildman–Crippen MR) is 67.4 cm³/mol. The van der Waals surface area contributed by atoms with E-state index >= 15 is 0 Å². The van der Waals surface area contributed by atoms with Gasteiger partial charge in [0.25, 0.3) is 0 Å². The summed E-state index contributed by atoms with van der Waals surface area (Å²) < 4.78 is 7.69. The van der Waals surface area contributed by atoms with Crippen molar-refractivity contribution in [1.29, 1.82) is 0 Å². The predicted octanol–water partition coefficient (Wildman–Crippen LogP) is 3.61. The topological polar surface area (TPSA) is 29.5 Å². The first-order chi connectivity index (χ1) is 6.74. The summed E-state index contributed by atoms with van der Waals surface area (Å²) in [6, 6.07) is 3.91. The Balaban J connectivity index is 2.72. The molecule has 0 spiro atoms. The molecule has 0 radical (unpaired) electrons. The zero-order chi connectivity index (χ0) is 10.1. The third-order valence-corrected chi connectivity index (χ3v) is 4.18. The lowest BCUT2D eigenvalue weighted by atomic mass is 10.2. The minimum absolute atomic E-state index is 0.312. The normalized spacial score (nSPS) is 10.7. The Morgan fingerprint density at radius 1 is 1.50 bits per heavy atom. The van der Waals surface area contributed by atoms with Crippen LogP contribution in [0.15, 0.2) is 17.5 Å². The molecular formula is C10H9IO2S. The Bertz CT molecular complexity index is 464. The molecule has 2 aromatic rings. The molecule has 1 aromatic carbocycles. The van der Waals surface area contributed by atoms with Crippen LogP contribution in [0.1, 0.15) is 6.92 Å². The van der Waals surface area contributed by atoms with Crippen molar-refractivity contribution in [3.8, 4) is 11.5 Å². The fourth-order valence-electron chi connectivity index (χ4n) is 1.35. The summed E-state index contributed by atoms with van der Waals surface area (Å²) >= 11 is 3.80. The number of hydrogen-bond acceptors (Lipinski definition) is 3. The van der Waals surface area contributed by atoms with Crippen molar-refractivity contribution < 1.29 is 9.84 Å². The van der Waals surface area contributed by atoms with Crippen molar-refractivity contribution in [2.45, 2.75) is 6.92 Å². The maximum atomic E-state index is 9.67. The highest BCUT2D eigenvalue weighted by Gasteiger charge is 2.11. The van der Waals surface area contributed by atoms with Crippen LogP contribution in [0, 0.1) is 3.57 Å². The van der Waals surface area contributed by atoms with Gasteiger partial charge in [-0.05, 0) is 41.6 Å². The number of thiophene rings is 1. The van der Waals surface area contributed by atoms with Gasteiger partial charge in [0.2, 0.25) is 0 Å². The Morgan fingerprint density at radius 3 is 3.00 bits per heavy atom. The van der Waals surface area contributed by atoms with Gasteiger partial charge in [0, 0.05) is 8.95 Å². The molecule has 0 saturated carbocycles. The smallest absolute Gasteiger partial charge is 0.137 e. The van der Waals surface area contributed by atoms with Gasteiger partial charge in [-0.3, -0.25) is 0 Å². The molecule has 2 nitrogen and oxygen atoms in total. The second kappa shape index (κ2) is 3.94. The van der Waals surface area contributed by atoms with Crippen molar-refractivity contribution in [3.05, 3.63) is 21.1 Å². The molecule has 0 atom stereocenters. The van der Waals surface area contributed by atoms with E-state index in [0.29, 0.717) is 12.4 Å². The summed E-state index contributed by atoms with van der Waals surface area (Å²) in [5.41, 5.74) is 0. The van der Waals surface area contributed by atoms with E-state index in [-0.39, 0.29) is 0 Å². The zero-order valence-electron chi connectivity index (χ0n) is 7.58. The van der Waals surface area contributed by atoms with E-state index in [2.05, 4.69) is 22.6 Å². The van der Waals surface area contributed by atoms with E-state index in [4.69, 9.17) is 4.74 Å². The number of benzene rings is 1. The summed E-state index contributed by atoms with van der Waals surface area (Å²) in [4.78, 5) is 0. The number of ether oxygens (including phenoxy) is 1. The number of rotatable bonds is 2. The van der Waals surface area contributed by atoms with Crippen LogP contribution in [0.3, 0.4) is 0 Å². The molecule has 14 heavy (non-hydrogen) atoms. The van der Waals surface area contributed by atoms with Crippen LogP contribution in [0.2, 0.25) is 0 Å². The van der Waals surface area contributed by atoms with E-state index in [1.165, 1.54) is 0 Å². The summed E-state index contributed by atoms with van der Waals surface area (Å²) in [6.07, 6.45) is 0. The highest BCUT2D eigenvalue weighted by molar-refractivity contribution is 14.1. The molecule has 4 heteroatoms. The van der Waals surface area contributed by atoms with E-state index in [1.807, 2.05) is 19.1 Å². The lowest BCUT2D eigenvalue weighted by molar-refractivity contribution is 0.343. The first-order valence-corrected chi connectivity index (χ1v) is 6.21. The van der Waals surface area contributed by atoms with Gasteiger partial charge in [0.15, 0.2) is 0 Å². The van der Waals surface area contributed by atoms with Crippen molar-refractivity contribution >= 4 is 44.0 Å². The molecule has 74 valence electrons. The fourth-order valence-corrected chi connectivity index (χ4v) is 3.03. The standard InChI is InChI=1S/C10H9IO2S/c1-2-13-8-4-3-6(11)10-9(8)7(12)5-14-10/h3-5,12H,2H2,1H3. The third-order valence-electron chi connectivity index (χ3n) is 1.92. The summed E-state index contributed by atoms with van der Waals surface area (Å²) in [5, 5.41) is 12.3. The van der Waals surface area contributed by atoms with Crippen molar-refractivity contribution in [2.24, 2.45) is 0 Å².